The van der Waals surface area contributed by atoms with Gasteiger partial charge >= 0.3 is 6.03 Å². The molecule has 0 unspecified atom stereocenters. The van der Waals surface area contributed by atoms with Gasteiger partial charge < -0.3 is 16.0 Å². The zero-order valence-corrected chi connectivity index (χ0v) is 12.8. The van der Waals surface area contributed by atoms with Gasteiger partial charge in [0.1, 0.15) is 0 Å². The van der Waals surface area contributed by atoms with E-state index in [0.29, 0.717) is 0 Å². The lowest BCUT2D eigenvalue weighted by atomic mass is 10.1. The molecule has 2 aromatic carbocycles. The van der Waals surface area contributed by atoms with Gasteiger partial charge in [-0.3, -0.25) is 0 Å². The first-order valence-electron chi connectivity index (χ1n) is 7.23. The molecule has 4 heteroatoms. The minimum absolute atomic E-state index is 0.241. The number of hydrogen-bond donors (Lipinski definition) is 3. The van der Waals surface area contributed by atoms with Crippen LogP contribution in [0.15, 0.2) is 48.7 Å². The number of anilines is 3. The molecule has 2 amide bonds. The molecule has 22 heavy (non-hydrogen) atoms. The zero-order valence-electron chi connectivity index (χ0n) is 12.8. The number of urea groups is 1. The summed E-state index contributed by atoms with van der Waals surface area (Å²) in [7, 11) is 0. The van der Waals surface area contributed by atoms with Crippen molar-refractivity contribution >= 4 is 23.1 Å². The van der Waals surface area contributed by atoms with Gasteiger partial charge in [0.25, 0.3) is 0 Å². The Balaban J connectivity index is 1.69. The molecule has 0 fully saturated rings. The number of nitrogens with one attached hydrogen (secondary N) is 3. The standard InChI is InChI=1S/C18H19N3O/c1-11-6-12(2)8-16(7-11)21-18(22)20-15-4-5-17-14(10-15)9-13(3)19-17/h4-8,10,19H,3,9H2,1-2H3,(H2,20,21,22). The molecule has 4 nitrogen and oxygen atoms in total. The van der Waals surface area contributed by atoms with E-state index in [1.54, 1.807) is 0 Å². The van der Waals surface area contributed by atoms with Crippen LogP contribution in [-0.2, 0) is 6.42 Å². The van der Waals surface area contributed by atoms with Gasteiger partial charge in [0.15, 0.2) is 0 Å². The van der Waals surface area contributed by atoms with Crippen molar-refractivity contribution in [2.24, 2.45) is 0 Å². The normalized spacial score (nSPS) is 12.5. The lowest BCUT2D eigenvalue weighted by molar-refractivity contribution is 0.262. The Morgan fingerprint density at radius 3 is 2.45 bits per heavy atom. The first-order valence-corrected chi connectivity index (χ1v) is 7.23. The molecule has 1 aliphatic rings. The van der Waals surface area contributed by atoms with E-state index < -0.39 is 0 Å². The summed E-state index contributed by atoms with van der Waals surface area (Å²) in [5.41, 5.74) is 7.00. The van der Waals surface area contributed by atoms with E-state index in [2.05, 4.69) is 28.6 Å². The molecule has 3 N–H and O–H groups in total. The maximum absolute atomic E-state index is 12.1. The Bertz CT molecular complexity index is 745. The van der Waals surface area contributed by atoms with Crippen molar-refractivity contribution in [2.75, 3.05) is 16.0 Å². The molecular formula is C18H19N3O. The lowest BCUT2D eigenvalue weighted by Gasteiger charge is -2.10. The maximum Gasteiger partial charge on any atom is 0.323 e. The third-order valence-electron chi connectivity index (χ3n) is 3.56. The Hall–Kier alpha value is -2.75. The second-order valence-corrected chi connectivity index (χ2v) is 5.73. The SMILES string of the molecule is C=C1Cc2cc(NC(=O)Nc3cc(C)cc(C)c3)ccc2N1. The summed E-state index contributed by atoms with van der Waals surface area (Å²) in [6.45, 7) is 7.94. The van der Waals surface area contributed by atoms with Gasteiger partial charge in [-0.05, 0) is 60.9 Å². The van der Waals surface area contributed by atoms with Gasteiger partial charge in [-0.2, -0.15) is 0 Å². The van der Waals surface area contributed by atoms with Crippen molar-refractivity contribution in [3.8, 4) is 0 Å². The van der Waals surface area contributed by atoms with E-state index in [4.69, 9.17) is 0 Å². The average molecular weight is 293 g/mol. The van der Waals surface area contributed by atoms with Crippen LogP contribution in [0.5, 0.6) is 0 Å². The number of allylic oxidation sites excluding steroid dienone is 1. The third-order valence-corrected chi connectivity index (χ3v) is 3.56. The molecule has 0 bridgehead atoms. The Morgan fingerprint density at radius 1 is 1.05 bits per heavy atom. The second kappa shape index (κ2) is 5.56. The number of amides is 2. The smallest absolute Gasteiger partial charge is 0.323 e. The minimum atomic E-state index is -0.241. The number of benzene rings is 2. The molecule has 112 valence electrons. The van der Waals surface area contributed by atoms with Crippen molar-refractivity contribution in [1.29, 1.82) is 0 Å². The highest BCUT2D eigenvalue weighted by Crippen LogP contribution is 2.29. The minimum Gasteiger partial charge on any atom is -0.359 e. The molecule has 2 aromatic rings. The van der Waals surface area contributed by atoms with Gasteiger partial charge in [-0.25, -0.2) is 4.79 Å². The first kappa shape index (κ1) is 14.2. The van der Waals surface area contributed by atoms with Gasteiger partial charge in [-0.1, -0.05) is 12.6 Å². The van der Waals surface area contributed by atoms with Crippen LogP contribution in [0, 0.1) is 13.8 Å². The second-order valence-electron chi connectivity index (χ2n) is 5.73. The fraction of sp³-hybridized carbons (Fsp3) is 0.167. The van der Waals surface area contributed by atoms with Crippen molar-refractivity contribution < 1.29 is 4.79 Å². The van der Waals surface area contributed by atoms with Crippen LogP contribution in [0.3, 0.4) is 0 Å². The Morgan fingerprint density at radius 2 is 1.73 bits per heavy atom. The summed E-state index contributed by atoms with van der Waals surface area (Å²) in [5, 5.41) is 8.94. The fourth-order valence-electron chi connectivity index (χ4n) is 2.74. The number of rotatable bonds is 2. The number of hydrogen-bond acceptors (Lipinski definition) is 2. The number of carbonyl (C=O) groups excluding carboxylic acids is 1. The molecule has 1 heterocycles. The van der Waals surface area contributed by atoms with Crippen LogP contribution in [0.2, 0.25) is 0 Å². The third kappa shape index (κ3) is 3.11. The molecule has 0 radical (unpaired) electrons. The topological polar surface area (TPSA) is 53.2 Å². The van der Waals surface area contributed by atoms with Crippen molar-refractivity contribution in [3.63, 3.8) is 0 Å². The lowest BCUT2D eigenvalue weighted by Crippen LogP contribution is -2.19. The molecule has 0 atom stereocenters. The van der Waals surface area contributed by atoms with Gasteiger partial charge in [0, 0.05) is 29.2 Å². The first-order chi connectivity index (χ1) is 10.5. The zero-order chi connectivity index (χ0) is 15.7. The van der Waals surface area contributed by atoms with Crippen molar-refractivity contribution in [3.05, 3.63) is 65.4 Å². The highest BCUT2D eigenvalue weighted by Gasteiger charge is 2.14. The quantitative estimate of drug-likeness (QED) is 0.767. The van der Waals surface area contributed by atoms with Gasteiger partial charge in [-0.15, -0.1) is 0 Å². The molecule has 0 saturated carbocycles. The predicted molar refractivity (Wildman–Crippen MR) is 91.5 cm³/mol. The van der Waals surface area contributed by atoms with E-state index in [1.165, 1.54) is 0 Å². The highest BCUT2D eigenvalue weighted by molar-refractivity contribution is 6.00. The van der Waals surface area contributed by atoms with Crippen LogP contribution in [-0.4, -0.2) is 6.03 Å². The molecule has 0 saturated heterocycles. The van der Waals surface area contributed by atoms with Crippen molar-refractivity contribution in [1.82, 2.24) is 0 Å². The summed E-state index contributed by atoms with van der Waals surface area (Å²) in [5.74, 6) is 0. The Kier molecular flexibility index (Phi) is 3.59. The van der Waals surface area contributed by atoms with E-state index in [9.17, 15) is 4.79 Å². The summed E-state index contributed by atoms with van der Waals surface area (Å²) in [4.78, 5) is 12.1. The molecule has 0 aromatic heterocycles. The van der Waals surface area contributed by atoms with E-state index in [0.717, 1.165) is 45.9 Å². The number of aryl methyl sites for hydroxylation is 2. The van der Waals surface area contributed by atoms with Crippen LogP contribution in [0.25, 0.3) is 0 Å². The van der Waals surface area contributed by atoms with Gasteiger partial charge in [0.05, 0.1) is 0 Å². The molecule has 0 aliphatic carbocycles. The number of carbonyl (C=O) groups is 1. The summed E-state index contributed by atoms with van der Waals surface area (Å²) >= 11 is 0. The van der Waals surface area contributed by atoms with Crippen LogP contribution < -0.4 is 16.0 Å². The van der Waals surface area contributed by atoms with E-state index in [1.807, 2.05) is 44.2 Å². The average Bonchev–Trinajstić information content (AvgIpc) is 2.76. The Labute approximate surface area is 130 Å². The van der Waals surface area contributed by atoms with Crippen LogP contribution in [0.1, 0.15) is 16.7 Å². The summed E-state index contributed by atoms with van der Waals surface area (Å²) in [6, 6.07) is 11.5. The van der Waals surface area contributed by atoms with Crippen LogP contribution >= 0.6 is 0 Å². The van der Waals surface area contributed by atoms with Gasteiger partial charge in [0.2, 0.25) is 0 Å². The predicted octanol–water partition coefficient (Wildman–Crippen LogP) is 4.43. The van der Waals surface area contributed by atoms with Crippen LogP contribution in [0.4, 0.5) is 21.9 Å². The van der Waals surface area contributed by atoms with Crippen molar-refractivity contribution in [2.45, 2.75) is 20.3 Å². The van der Waals surface area contributed by atoms with E-state index >= 15 is 0 Å². The fourth-order valence-corrected chi connectivity index (χ4v) is 2.74. The number of fused-ring (bicyclic) bond motifs is 1. The maximum atomic E-state index is 12.1. The molecule has 1 aliphatic heterocycles. The monoisotopic (exact) mass is 293 g/mol. The highest BCUT2D eigenvalue weighted by atomic mass is 16.2. The summed E-state index contributed by atoms with van der Waals surface area (Å²) in [6.07, 6.45) is 0.795. The molecule has 0 spiro atoms. The molecular weight excluding hydrogens is 274 g/mol. The van der Waals surface area contributed by atoms with E-state index in [-0.39, 0.29) is 6.03 Å². The molecule has 3 rings (SSSR count). The summed E-state index contributed by atoms with van der Waals surface area (Å²) < 4.78 is 0. The largest absolute Gasteiger partial charge is 0.359 e.